The lowest BCUT2D eigenvalue weighted by atomic mass is 9.97. The maximum absolute atomic E-state index is 12.9. The van der Waals surface area contributed by atoms with Gasteiger partial charge in [-0.05, 0) is 57.9 Å². The molecule has 208 valence electrons. The molecule has 0 radical (unpaired) electrons. The molecule has 6 aromatic rings. The number of benzene rings is 5. The summed E-state index contributed by atoms with van der Waals surface area (Å²) in [4.78, 5) is 12.9. The van der Waals surface area contributed by atoms with Crippen molar-refractivity contribution in [1.82, 2.24) is 20.2 Å². The fourth-order valence-corrected chi connectivity index (χ4v) is 5.60. The molecule has 0 aliphatic carbocycles. The fourth-order valence-electron chi connectivity index (χ4n) is 4.85. The number of hydrazone groups is 1. The predicted molar refractivity (Wildman–Crippen MR) is 168 cm³/mol. The van der Waals surface area contributed by atoms with Gasteiger partial charge >= 0.3 is 0 Å². The number of hydrogen-bond acceptors (Lipinski definition) is 7. The molecule has 0 spiro atoms. The van der Waals surface area contributed by atoms with E-state index in [9.17, 15) is 4.79 Å². The number of para-hydroxylation sites is 1. The molecule has 0 atom stereocenters. The van der Waals surface area contributed by atoms with Crippen LogP contribution in [0.5, 0.6) is 11.5 Å². The number of thioether (sulfide) groups is 1. The lowest BCUT2D eigenvalue weighted by Crippen LogP contribution is -2.20. The van der Waals surface area contributed by atoms with Crippen molar-refractivity contribution >= 4 is 45.4 Å². The molecule has 0 fully saturated rings. The highest BCUT2D eigenvalue weighted by atomic mass is 32.2. The van der Waals surface area contributed by atoms with E-state index in [-0.39, 0.29) is 11.7 Å². The third kappa shape index (κ3) is 5.42. The third-order valence-corrected chi connectivity index (χ3v) is 7.75. The quantitative estimate of drug-likeness (QED) is 0.0919. The van der Waals surface area contributed by atoms with Crippen LogP contribution in [0.15, 0.2) is 113 Å². The van der Waals surface area contributed by atoms with Gasteiger partial charge in [0.2, 0.25) is 0 Å². The molecule has 0 unspecified atom stereocenters. The summed E-state index contributed by atoms with van der Waals surface area (Å²) in [5.41, 5.74) is 5.31. The average Bonchev–Trinajstić information content (AvgIpc) is 3.47. The lowest BCUT2D eigenvalue weighted by molar-refractivity contribution is -0.118. The zero-order valence-corrected chi connectivity index (χ0v) is 23.8. The van der Waals surface area contributed by atoms with Gasteiger partial charge in [-0.1, -0.05) is 78.5 Å². The number of rotatable bonds is 9. The largest absolute Gasteiger partial charge is 0.493 e. The van der Waals surface area contributed by atoms with E-state index in [0.717, 1.165) is 38.4 Å². The Hall–Kier alpha value is -5.15. The van der Waals surface area contributed by atoms with Crippen molar-refractivity contribution in [2.75, 3.05) is 20.0 Å². The van der Waals surface area contributed by atoms with Gasteiger partial charge in [0.05, 0.1) is 26.2 Å². The Morgan fingerprint density at radius 3 is 2.19 bits per heavy atom. The van der Waals surface area contributed by atoms with Crippen molar-refractivity contribution < 1.29 is 14.3 Å². The first kappa shape index (κ1) is 27.0. The summed E-state index contributed by atoms with van der Waals surface area (Å²) < 4.78 is 12.8. The van der Waals surface area contributed by atoms with E-state index in [1.165, 1.54) is 11.8 Å². The Kier molecular flexibility index (Phi) is 7.83. The second-order valence-corrected chi connectivity index (χ2v) is 10.3. The normalized spacial score (nSPS) is 11.3. The van der Waals surface area contributed by atoms with E-state index in [0.29, 0.717) is 22.5 Å². The van der Waals surface area contributed by atoms with E-state index in [1.807, 2.05) is 77.4 Å². The molecular weight excluding hydrogens is 546 g/mol. The molecule has 42 heavy (non-hydrogen) atoms. The van der Waals surface area contributed by atoms with Crippen molar-refractivity contribution in [3.8, 4) is 28.6 Å². The smallest absolute Gasteiger partial charge is 0.250 e. The Morgan fingerprint density at radius 2 is 1.50 bits per heavy atom. The van der Waals surface area contributed by atoms with Crippen LogP contribution in [0.4, 0.5) is 0 Å². The van der Waals surface area contributed by atoms with E-state index in [4.69, 9.17) is 9.47 Å². The van der Waals surface area contributed by atoms with Gasteiger partial charge in [-0.25, -0.2) is 5.43 Å². The van der Waals surface area contributed by atoms with Crippen molar-refractivity contribution in [2.45, 2.75) is 5.16 Å². The monoisotopic (exact) mass is 573 g/mol. The van der Waals surface area contributed by atoms with Crippen molar-refractivity contribution in [1.29, 1.82) is 0 Å². The number of methoxy groups -OCH3 is 2. The van der Waals surface area contributed by atoms with Crippen LogP contribution >= 0.6 is 11.8 Å². The second kappa shape index (κ2) is 12.2. The van der Waals surface area contributed by atoms with E-state index >= 15 is 0 Å². The molecule has 8 nitrogen and oxygen atoms in total. The van der Waals surface area contributed by atoms with Crippen LogP contribution in [-0.2, 0) is 4.79 Å². The van der Waals surface area contributed by atoms with E-state index in [2.05, 4.69) is 51.1 Å². The Labute approximate surface area is 247 Å². The summed E-state index contributed by atoms with van der Waals surface area (Å²) in [6.45, 7) is 0. The van der Waals surface area contributed by atoms with Crippen molar-refractivity contribution in [2.24, 2.45) is 5.10 Å². The summed E-state index contributed by atoms with van der Waals surface area (Å²) in [7, 11) is 3.19. The molecule has 0 bridgehead atoms. The van der Waals surface area contributed by atoms with Crippen LogP contribution in [0.25, 0.3) is 38.6 Å². The summed E-state index contributed by atoms with van der Waals surface area (Å²) in [5, 5.41) is 18.2. The van der Waals surface area contributed by atoms with Crippen LogP contribution in [-0.4, -0.2) is 46.9 Å². The number of aromatic nitrogens is 3. The zero-order valence-electron chi connectivity index (χ0n) is 23.0. The zero-order chi connectivity index (χ0) is 28.9. The molecule has 6 rings (SSSR count). The molecule has 0 aliphatic heterocycles. The highest BCUT2D eigenvalue weighted by Gasteiger charge is 2.19. The third-order valence-electron chi connectivity index (χ3n) is 6.82. The number of fused-ring (bicyclic) bond motifs is 2. The molecule has 1 aromatic heterocycles. The summed E-state index contributed by atoms with van der Waals surface area (Å²) in [6, 6.07) is 33.8. The van der Waals surface area contributed by atoms with Gasteiger partial charge in [0.1, 0.15) is 0 Å². The molecular formula is C33H27N5O3S. The number of carbonyl (C=O) groups excluding carboxylic acids is 1. The first-order chi connectivity index (χ1) is 20.7. The molecule has 0 aliphatic rings. The molecule has 0 saturated carbocycles. The second-order valence-electron chi connectivity index (χ2n) is 9.36. The molecule has 1 amide bonds. The van der Waals surface area contributed by atoms with Gasteiger partial charge in [0, 0.05) is 16.8 Å². The van der Waals surface area contributed by atoms with Crippen LogP contribution in [0.3, 0.4) is 0 Å². The number of amides is 1. The molecule has 9 heteroatoms. The first-order valence-electron chi connectivity index (χ1n) is 13.2. The Bertz CT molecular complexity index is 1870. The molecule has 5 aromatic carbocycles. The number of nitrogens with one attached hydrogen (secondary N) is 1. The predicted octanol–water partition coefficient (Wildman–Crippen LogP) is 6.50. The summed E-state index contributed by atoms with van der Waals surface area (Å²) in [6.07, 6.45) is 1.72. The summed E-state index contributed by atoms with van der Waals surface area (Å²) in [5.74, 6) is 1.67. The SMILES string of the molecule is COc1ccc(-c2nnc(SCC(=O)N/N=C\c3c4ccccc4cc4ccccc34)n2-c2ccccc2)cc1OC. The van der Waals surface area contributed by atoms with Gasteiger partial charge < -0.3 is 9.47 Å². The van der Waals surface area contributed by atoms with Crippen LogP contribution in [0.2, 0.25) is 0 Å². The summed E-state index contributed by atoms with van der Waals surface area (Å²) >= 11 is 1.28. The molecule has 1 N–H and O–H groups in total. The highest BCUT2D eigenvalue weighted by molar-refractivity contribution is 7.99. The Morgan fingerprint density at radius 1 is 0.833 bits per heavy atom. The fraction of sp³-hybridized carbons (Fsp3) is 0.0909. The number of nitrogens with zero attached hydrogens (tertiary/aromatic N) is 4. The maximum atomic E-state index is 12.9. The minimum Gasteiger partial charge on any atom is -0.493 e. The maximum Gasteiger partial charge on any atom is 0.250 e. The number of hydrogen-bond donors (Lipinski definition) is 1. The topological polar surface area (TPSA) is 90.6 Å². The lowest BCUT2D eigenvalue weighted by Gasteiger charge is -2.12. The van der Waals surface area contributed by atoms with Gasteiger partial charge in [0.25, 0.3) is 5.91 Å². The van der Waals surface area contributed by atoms with Crippen LogP contribution in [0, 0.1) is 0 Å². The molecule has 0 saturated heterocycles. The van der Waals surface area contributed by atoms with Crippen LogP contribution < -0.4 is 14.9 Å². The van der Waals surface area contributed by atoms with Gasteiger partial charge in [-0.3, -0.25) is 9.36 Å². The van der Waals surface area contributed by atoms with E-state index < -0.39 is 0 Å². The van der Waals surface area contributed by atoms with Crippen LogP contribution in [0.1, 0.15) is 5.56 Å². The number of ether oxygens (including phenoxy) is 2. The molecule has 1 heterocycles. The highest BCUT2D eigenvalue weighted by Crippen LogP contribution is 2.34. The first-order valence-corrected chi connectivity index (χ1v) is 14.2. The number of carbonyl (C=O) groups is 1. The van der Waals surface area contributed by atoms with Crippen molar-refractivity contribution in [3.05, 3.63) is 109 Å². The van der Waals surface area contributed by atoms with Crippen molar-refractivity contribution in [3.63, 3.8) is 0 Å². The minimum atomic E-state index is -0.254. The van der Waals surface area contributed by atoms with Gasteiger partial charge in [0.15, 0.2) is 22.5 Å². The Balaban J connectivity index is 1.23. The van der Waals surface area contributed by atoms with E-state index in [1.54, 1.807) is 20.4 Å². The van der Waals surface area contributed by atoms with Gasteiger partial charge in [-0.15, -0.1) is 10.2 Å². The average molecular weight is 574 g/mol. The van der Waals surface area contributed by atoms with Gasteiger partial charge in [-0.2, -0.15) is 5.10 Å². The standard InChI is InChI=1S/C33H27N5O3S/c1-40-29-17-16-24(19-30(29)41-2)32-36-37-33(38(32)25-12-4-3-5-13-25)42-21-31(39)35-34-20-28-26-14-8-6-10-22(26)18-23-11-7-9-15-27(23)28/h3-20H,21H2,1-2H3,(H,35,39)/b34-20-. The minimum absolute atomic E-state index is 0.102.